The molecule has 4 atom stereocenters. The van der Waals surface area contributed by atoms with Crippen molar-refractivity contribution < 1.29 is 4.79 Å². The fraction of sp³-hybridized carbons (Fsp3) is 0.941. The lowest BCUT2D eigenvalue weighted by molar-refractivity contribution is -0.145. The summed E-state index contributed by atoms with van der Waals surface area (Å²) < 4.78 is 0. The predicted molar refractivity (Wildman–Crippen MR) is 82.9 cm³/mol. The first-order chi connectivity index (χ1) is 10.3. The summed E-state index contributed by atoms with van der Waals surface area (Å²) in [6.07, 6.45) is 7.34. The maximum Gasteiger partial charge on any atom is 0.230 e. The molecule has 1 aliphatic carbocycles. The lowest BCUT2D eigenvalue weighted by Crippen LogP contribution is -2.50. The number of carbonyl (C=O) groups excluding carboxylic acids is 1. The van der Waals surface area contributed by atoms with Gasteiger partial charge in [0.25, 0.3) is 0 Å². The Labute approximate surface area is 128 Å². The van der Waals surface area contributed by atoms with Gasteiger partial charge in [0.1, 0.15) is 0 Å². The Morgan fingerprint density at radius 2 is 1.71 bits per heavy atom. The van der Waals surface area contributed by atoms with Gasteiger partial charge in [-0.15, -0.1) is 0 Å². The topological polar surface area (TPSA) is 44.4 Å². The minimum atomic E-state index is -0.0457. The fourth-order valence-electron chi connectivity index (χ4n) is 5.40. The van der Waals surface area contributed by atoms with Crippen LogP contribution in [0.15, 0.2) is 0 Å². The number of fused-ring (bicyclic) bond motifs is 2. The normalized spacial score (nSPS) is 43.2. The summed E-state index contributed by atoms with van der Waals surface area (Å²) in [6, 6.07) is 0. The Kier molecular flexibility index (Phi) is 3.70. The van der Waals surface area contributed by atoms with Crippen molar-refractivity contribution in [2.75, 3.05) is 39.3 Å². The van der Waals surface area contributed by atoms with E-state index in [0.29, 0.717) is 11.8 Å². The number of nitrogens with zero attached hydrogens (tertiary/aromatic N) is 1. The van der Waals surface area contributed by atoms with Gasteiger partial charge < -0.3 is 15.5 Å². The molecular formula is C17H29N3O. The van der Waals surface area contributed by atoms with Gasteiger partial charge in [0.15, 0.2) is 0 Å². The molecule has 3 aliphatic heterocycles. The number of nitrogens with one attached hydrogen (secondary N) is 2. The highest BCUT2D eigenvalue weighted by Crippen LogP contribution is 2.45. The van der Waals surface area contributed by atoms with E-state index in [2.05, 4.69) is 15.5 Å². The van der Waals surface area contributed by atoms with Gasteiger partial charge in [-0.05, 0) is 63.1 Å². The van der Waals surface area contributed by atoms with E-state index in [1.54, 1.807) is 0 Å². The van der Waals surface area contributed by atoms with Gasteiger partial charge in [-0.2, -0.15) is 0 Å². The molecule has 3 saturated heterocycles. The van der Waals surface area contributed by atoms with E-state index in [0.717, 1.165) is 44.4 Å². The number of amides is 1. The van der Waals surface area contributed by atoms with Crippen molar-refractivity contribution in [3.05, 3.63) is 0 Å². The van der Waals surface area contributed by atoms with Crippen LogP contribution in [-0.2, 0) is 4.79 Å². The van der Waals surface area contributed by atoms with Crippen molar-refractivity contribution in [2.45, 2.75) is 38.5 Å². The van der Waals surface area contributed by atoms with E-state index in [-0.39, 0.29) is 5.41 Å². The number of likely N-dealkylation sites (tertiary alicyclic amines) is 1. The van der Waals surface area contributed by atoms with Crippen LogP contribution in [0, 0.1) is 23.2 Å². The largest absolute Gasteiger partial charge is 0.342 e. The van der Waals surface area contributed by atoms with Crippen LogP contribution in [0.4, 0.5) is 0 Å². The highest BCUT2D eigenvalue weighted by Gasteiger charge is 2.51. The molecule has 118 valence electrons. The first-order valence-corrected chi connectivity index (χ1v) is 9.00. The van der Waals surface area contributed by atoms with Crippen molar-refractivity contribution in [1.82, 2.24) is 15.5 Å². The van der Waals surface area contributed by atoms with E-state index >= 15 is 0 Å². The number of rotatable bonds is 1. The van der Waals surface area contributed by atoms with Gasteiger partial charge in [-0.1, -0.05) is 12.8 Å². The molecule has 4 aliphatic rings. The monoisotopic (exact) mass is 291 g/mol. The quantitative estimate of drug-likeness (QED) is 0.763. The molecule has 0 spiro atoms. The van der Waals surface area contributed by atoms with Gasteiger partial charge >= 0.3 is 0 Å². The van der Waals surface area contributed by atoms with Crippen LogP contribution in [0.5, 0.6) is 0 Å². The number of hydrogen-bond donors (Lipinski definition) is 2. The van der Waals surface area contributed by atoms with Crippen LogP contribution < -0.4 is 10.6 Å². The van der Waals surface area contributed by atoms with E-state index in [9.17, 15) is 4.79 Å². The van der Waals surface area contributed by atoms with Gasteiger partial charge in [0.05, 0.1) is 5.41 Å². The van der Waals surface area contributed by atoms with Crippen molar-refractivity contribution in [3.63, 3.8) is 0 Å². The molecule has 0 aromatic carbocycles. The molecule has 0 unspecified atom stereocenters. The highest BCUT2D eigenvalue weighted by molar-refractivity contribution is 5.84. The third kappa shape index (κ3) is 2.31. The summed E-state index contributed by atoms with van der Waals surface area (Å²) in [6.45, 7) is 6.33. The molecule has 1 amide bonds. The van der Waals surface area contributed by atoms with E-state index in [1.807, 2.05) is 0 Å². The van der Waals surface area contributed by atoms with Gasteiger partial charge in [0.2, 0.25) is 5.91 Å². The van der Waals surface area contributed by atoms with E-state index in [1.165, 1.54) is 45.2 Å². The first-order valence-electron chi connectivity index (χ1n) is 9.00. The molecule has 0 aromatic rings. The summed E-state index contributed by atoms with van der Waals surface area (Å²) in [5, 5.41) is 7.04. The maximum absolute atomic E-state index is 13.3. The van der Waals surface area contributed by atoms with Gasteiger partial charge in [-0.3, -0.25) is 4.79 Å². The molecule has 0 aromatic heterocycles. The number of hydrogen-bond acceptors (Lipinski definition) is 3. The average Bonchev–Trinajstić information content (AvgIpc) is 3.10. The SMILES string of the molecule is O=C(N1CC[C@@H]2CNC[C@@H]2CC1)[C@@]12CCCC[C@H]1CNC2. The molecule has 1 saturated carbocycles. The smallest absolute Gasteiger partial charge is 0.230 e. The Balaban J connectivity index is 1.49. The molecule has 4 nitrogen and oxygen atoms in total. The summed E-state index contributed by atoms with van der Waals surface area (Å²) in [7, 11) is 0. The minimum Gasteiger partial charge on any atom is -0.342 e. The van der Waals surface area contributed by atoms with Crippen LogP contribution in [-0.4, -0.2) is 50.1 Å². The summed E-state index contributed by atoms with van der Waals surface area (Å²) in [5.74, 6) is 2.71. The molecule has 2 N–H and O–H groups in total. The lowest BCUT2D eigenvalue weighted by Gasteiger charge is -2.40. The molecule has 0 radical (unpaired) electrons. The zero-order chi connectivity index (χ0) is 14.3. The van der Waals surface area contributed by atoms with E-state index in [4.69, 9.17) is 0 Å². The van der Waals surface area contributed by atoms with Gasteiger partial charge in [-0.25, -0.2) is 0 Å². The number of carbonyl (C=O) groups is 1. The molecule has 4 rings (SSSR count). The zero-order valence-corrected chi connectivity index (χ0v) is 13.1. The standard InChI is InChI=1S/C17H29N3O/c21-16(17-6-2-1-3-15(17)11-19-12-17)20-7-4-13-9-18-10-14(13)5-8-20/h13-15,18-19H,1-12H2/t13-,14+,15-,17+/m0/s1. The van der Waals surface area contributed by atoms with Crippen LogP contribution in [0.25, 0.3) is 0 Å². The third-order valence-electron chi connectivity index (χ3n) is 6.77. The van der Waals surface area contributed by atoms with Crippen LogP contribution in [0.2, 0.25) is 0 Å². The average molecular weight is 291 g/mol. The Bertz CT molecular complexity index is 399. The second-order valence-corrected chi connectivity index (χ2v) is 7.78. The Hall–Kier alpha value is -0.610. The zero-order valence-electron chi connectivity index (χ0n) is 13.1. The fourth-order valence-corrected chi connectivity index (χ4v) is 5.40. The van der Waals surface area contributed by atoms with Crippen molar-refractivity contribution in [2.24, 2.45) is 23.2 Å². The molecule has 4 fully saturated rings. The highest BCUT2D eigenvalue weighted by atomic mass is 16.2. The lowest BCUT2D eigenvalue weighted by atomic mass is 9.67. The second-order valence-electron chi connectivity index (χ2n) is 7.78. The predicted octanol–water partition coefficient (Wildman–Crippen LogP) is 1.22. The van der Waals surface area contributed by atoms with Crippen molar-refractivity contribution in [3.8, 4) is 0 Å². The molecule has 4 heteroatoms. The summed E-state index contributed by atoms with van der Waals surface area (Å²) in [4.78, 5) is 15.5. The summed E-state index contributed by atoms with van der Waals surface area (Å²) in [5.41, 5.74) is -0.0457. The molecule has 21 heavy (non-hydrogen) atoms. The first kappa shape index (κ1) is 14.0. The van der Waals surface area contributed by atoms with Crippen LogP contribution >= 0.6 is 0 Å². The maximum atomic E-state index is 13.3. The van der Waals surface area contributed by atoms with Gasteiger partial charge in [0, 0.05) is 19.6 Å². The Morgan fingerprint density at radius 1 is 0.952 bits per heavy atom. The summed E-state index contributed by atoms with van der Waals surface area (Å²) >= 11 is 0. The molecular weight excluding hydrogens is 262 g/mol. The van der Waals surface area contributed by atoms with Crippen molar-refractivity contribution in [1.29, 1.82) is 0 Å². The second kappa shape index (κ2) is 5.54. The van der Waals surface area contributed by atoms with Crippen LogP contribution in [0.3, 0.4) is 0 Å². The Morgan fingerprint density at radius 3 is 2.48 bits per heavy atom. The third-order valence-corrected chi connectivity index (χ3v) is 6.77. The van der Waals surface area contributed by atoms with E-state index < -0.39 is 0 Å². The molecule has 3 heterocycles. The van der Waals surface area contributed by atoms with Crippen molar-refractivity contribution >= 4 is 5.91 Å². The minimum absolute atomic E-state index is 0.0457. The van der Waals surface area contributed by atoms with Crippen LogP contribution in [0.1, 0.15) is 38.5 Å². The molecule has 0 bridgehead atoms.